The number of benzene rings is 1. The minimum atomic E-state index is -0.430. The maximum Gasteiger partial charge on any atom is 0.276 e. The van der Waals surface area contributed by atoms with Gasteiger partial charge < -0.3 is 31.3 Å². The van der Waals surface area contributed by atoms with E-state index in [0.717, 1.165) is 24.0 Å². The number of nitrogen functional groups attached to an aromatic ring is 1. The van der Waals surface area contributed by atoms with Crippen LogP contribution in [0, 0.1) is 5.92 Å². The zero-order chi connectivity index (χ0) is 24.5. The number of aromatic nitrogens is 2. The second-order valence-corrected chi connectivity index (χ2v) is 9.25. The highest BCUT2D eigenvalue weighted by atomic mass is 16.5. The third-order valence-corrected chi connectivity index (χ3v) is 6.42. The molecule has 0 bridgehead atoms. The molecule has 0 aliphatic carbocycles. The number of anilines is 4. The molecule has 2 aromatic heterocycles. The predicted molar refractivity (Wildman–Crippen MR) is 135 cm³/mol. The average molecular weight is 476 g/mol. The first-order valence-corrected chi connectivity index (χ1v) is 11.7. The van der Waals surface area contributed by atoms with Gasteiger partial charge in [-0.05, 0) is 36.6 Å². The highest BCUT2D eigenvalue weighted by molar-refractivity contribution is 6.09. The lowest BCUT2D eigenvalue weighted by Crippen LogP contribution is -2.46. The van der Waals surface area contributed by atoms with Crippen molar-refractivity contribution in [3.63, 3.8) is 0 Å². The Morgan fingerprint density at radius 3 is 2.89 bits per heavy atom. The fourth-order valence-corrected chi connectivity index (χ4v) is 4.85. The summed E-state index contributed by atoms with van der Waals surface area (Å²) in [5, 5.41) is 3.72. The summed E-state index contributed by atoms with van der Waals surface area (Å²) < 4.78 is 5.22. The van der Waals surface area contributed by atoms with Gasteiger partial charge in [0.1, 0.15) is 6.61 Å². The Bertz CT molecular complexity index is 1270. The van der Waals surface area contributed by atoms with Gasteiger partial charge in [0.2, 0.25) is 0 Å². The number of amides is 2. The van der Waals surface area contributed by atoms with Gasteiger partial charge in [0.25, 0.3) is 11.8 Å². The molecule has 1 aromatic carbocycles. The van der Waals surface area contributed by atoms with Crippen molar-refractivity contribution in [2.75, 3.05) is 53.7 Å². The van der Waals surface area contributed by atoms with Gasteiger partial charge in [-0.2, -0.15) is 0 Å². The van der Waals surface area contributed by atoms with Crippen LogP contribution < -0.4 is 26.6 Å². The number of hydrogen-bond acceptors (Lipinski definition) is 8. The lowest BCUT2D eigenvalue weighted by Gasteiger charge is -2.37. The van der Waals surface area contributed by atoms with E-state index in [1.807, 2.05) is 18.2 Å². The Labute approximate surface area is 203 Å². The fraction of sp³-hybridized carbons (Fsp3) is 0.360. The summed E-state index contributed by atoms with van der Waals surface area (Å²) in [5.74, 6) is -0.0958. The Kier molecular flexibility index (Phi) is 6.23. The molecule has 2 aliphatic heterocycles. The summed E-state index contributed by atoms with van der Waals surface area (Å²) in [7, 11) is 0. The normalized spacial score (nSPS) is 20.8. The molecule has 182 valence electrons. The molecule has 4 heterocycles. The first kappa shape index (κ1) is 23.0. The van der Waals surface area contributed by atoms with Gasteiger partial charge in [-0.15, -0.1) is 0 Å². The topological polar surface area (TPSA) is 140 Å². The van der Waals surface area contributed by atoms with Crippen LogP contribution in [0.15, 0.2) is 42.7 Å². The van der Waals surface area contributed by atoms with Crippen molar-refractivity contribution in [2.45, 2.75) is 19.4 Å². The number of pyridine rings is 2. The number of carbonyl (C=O) groups is 2. The molecule has 2 saturated heterocycles. The van der Waals surface area contributed by atoms with Crippen LogP contribution in [-0.4, -0.2) is 60.7 Å². The van der Waals surface area contributed by atoms with Gasteiger partial charge in [-0.1, -0.05) is 13.0 Å². The van der Waals surface area contributed by atoms with Crippen LogP contribution >= 0.6 is 0 Å². The third kappa shape index (κ3) is 4.75. The molecule has 2 atom stereocenters. The summed E-state index contributed by atoms with van der Waals surface area (Å²) in [6.07, 6.45) is 4.29. The molecule has 2 unspecified atom stereocenters. The molecule has 0 spiro atoms. The largest absolute Gasteiger partial charge is 0.397 e. The monoisotopic (exact) mass is 475 g/mol. The SMILES string of the molecule is CC1CC(N)CN(c2ccncc2NC(=O)c2nc3cc(N4CCOCC4=O)ccc3cc2N)C1. The number of rotatable bonds is 4. The van der Waals surface area contributed by atoms with E-state index in [1.165, 1.54) is 0 Å². The van der Waals surface area contributed by atoms with Crippen LogP contribution in [0.4, 0.5) is 22.7 Å². The maximum absolute atomic E-state index is 13.3. The molecule has 2 aliphatic rings. The standard InChI is InChI=1S/C25H29N7O3/c1-15-8-17(26)13-31(12-15)22-4-5-28-11-21(22)30-25(34)24-19(27)9-16-2-3-18(10-20(16)29-24)32-6-7-35-14-23(32)33/h2-5,9-11,15,17H,6-8,12-14,26-27H2,1H3,(H,30,34). The highest BCUT2D eigenvalue weighted by Gasteiger charge is 2.25. The van der Waals surface area contributed by atoms with Gasteiger partial charge in [-0.25, -0.2) is 4.98 Å². The van der Waals surface area contributed by atoms with E-state index >= 15 is 0 Å². The predicted octanol–water partition coefficient (Wildman–Crippen LogP) is 2.00. The molecule has 10 nitrogen and oxygen atoms in total. The van der Waals surface area contributed by atoms with E-state index in [0.29, 0.717) is 42.5 Å². The maximum atomic E-state index is 13.3. The number of fused-ring (bicyclic) bond motifs is 1. The molecule has 3 aromatic rings. The zero-order valence-electron chi connectivity index (χ0n) is 19.6. The molecule has 2 amide bonds. The molecular weight excluding hydrogens is 446 g/mol. The Hall–Kier alpha value is -3.76. The quantitative estimate of drug-likeness (QED) is 0.521. The van der Waals surface area contributed by atoms with Crippen LogP contribution in [-0.2, 0) is 9.53 Å². The number of hydrogen-bond donors (Lipinski definition) is 3. The number of nitrogens with one attached hydrogen (secondary N) is 1. The fourth-order valence-electron chi connectivity index (χ4n) is 4.85. The first-order valence-electron chi connectivity index (χ1n) is 11.7. The van der Waals surface area contributed by atoms with E-state index in [4.69, 9.17) is 16.2 Å². The average Bonchev–Trinajstić information content (AvgIpc) is 2.83. The summed E-state index contributed by atoms with van der Waals surface area (Å²) in [6.45, 7) is 4.71. The Balaban J connectivity index is 1.43. The van der Waals surface area contributed by atoms with Crippen molar-refractivity contribution < 1.29 is 14.3 Å². The van der Waals surface area contributed by atoms with Crippen LogP contribution in [0.1, 0.15) is 23.8 Å². The van der Waals surface area contributed by atoms with Crippen molar-refractivity contribution in [3.05, 3.63) is 48.4 Å². The third-order valence-electron chi connectivity index (χ3n) is 6.42. The highest BCUT2D eigenvalue weighted by Crippen LogP contribution is 2.30. The molecule has 0 saturated carbocycles. The van der Waals surface area contributed by atoms with Crippen molar-refractivity contribution in [1.29, 1.82) is 0 Å². The van der Waals surface area contributed by atoms with E-state index in [1.54, 1.807) is 29.4 Å². The van der Waals surface area contributed by atoms with E-state index in [2.05, 4.69) is 27.1 Å². The number of nitrogens with zero attached hydrogens (tertiary/aromatic N) is 4. The molecule has 35 heavy (non-hydrogen) atoms. The van der Waals surface area contributed by atoms with E-state index in [9.17, 15) is 9.59 Å². The lowest BCUT2D eigenvalue weighted by atomic mass is 9.96. The number of morpholine rings is 1. The van der Waals surface area contributed by atoms with Crippen LogP contribution in [0.5, 0.6) is 0 Å². The summed E-state index contributed by atoms with van der Waals surface area (Å²) in [4.78, 5) is 38.1. The van der Waals surface area contributed by atoms with Crippen molar-refractivity contribution in [1.82, 2.24) is 9.97 Å². The Morgan fingerprint density at radius 2 is 2.09 bits per heavy atom. The summed E-state index contributed by atoms with van der Waals surface area (Å²) >= 11 is 0. The smallest absolute Gasteiger partial charge is 0.276 e. The van der Waals surface area contributed by atoms with Gasteiger partial charge in [0.05, 0.1) is 35.4 Å². The number of ether oxygens (including phenoxy) is 1. The van der Waals surface area contributed by atoms with Crippen molar-refractivity contribution in [3.8, 4) is 0 Å². The minimum absolute atomic E-state index is 0.0506. The lowest BCUT2D eigenvalue weighted by molar-refractivity contribution is -0.125. The molecule has 10 heteroatoms. The van der Waals surface area contributed by atoms with Gasteiger partial charge in [0, 0.05) is 42.9 Å². The molecule has 5 rings (SSSR count). The molecule has 0 radical (unpaired) electrons. The second-order valence-electron chi connectivity index (χ2n) is 9.25. The molecular formula is C25H29N7O3. The number of carbonyl (C=O) groups excluding carboxylic acids is 2. The van der Waals surface area contributed by atoms with Crippen molar-refractivity contribution >= 4 is 45.5 Å². The van der Waals surface area contributed by atoms with E-state index in [-0.39, 0.29) is 29.9 Å². The van der Waals surface area contributed by atoms with Crippen LogP contribution in [0.25, 0.3) is 10.9 Å². The van der Waals surface area contributed by atoms with Crippen LogP contribution in [0.3, 0.4) is 0 Å². The van der Waals surface area contributed by atoms with Gasteiger partial charge >= 0.3 is 0 Å². The zero-order valence-corrected chi connectivity index (χ0v) is 19.6. The molecule has 2 fully saturated rings. The van der Waals surface area contributed by atoms with Crippen LogP contribution in [0.2, 0.25) is 0 Å². The Morgan fingerprint density at radius 1 is 1.23 bits per heavy atom. The minimum Gasteiger partial charge on any atom is -0.397 e. The number of nitrogens with two attached hydrogens (primary N) is 2. The first-order chi connectivity index (χ1) is 16.9. The van der Waals surface area contributed by atoms with Gasteiger partial charge in [0.15, 0.2) is 5.69 Å². The van der Waals surface area contributed by atoms with Crippen molar-refractivity contribution in [2.24, 2.45) is 11.7 Å². The second kappa shape index (κ2) is 9.47. The number of piperidine rings is 1. The van der Waals surface area contributed by atoms with E-state index < -0.39 is 5.91 Å². The van der Waals surface area contributed by atoms with Gasteiger partial charge in [-0.3, -0.25) is 14.6 Å². The summed E-state index contributed by atoms with van der Waals surface area (Å²) in [5.41, 5.74) is 15.6. The summed E-state index contributed by atoms with van der Waals surface area (Å²) in [6, 6.07) is 9.15. The molecule has 5 N–H and O–H groups in total.